The van der Waals surface area contributed by atoms with Gasteiger partial charge in [0.05, 0.1) is 12.7 Å². The lowest BCUT2D eigenvalue weighted by Crippen LogP contribution is -2.26. The van der Waals surface area contributed by atoms with E-state index in [1.165, 1.54) is 23.9 Å². The second-order valence-corrected chi connectivity index (χ2v) is 5.20. The number of benzene rings is 1. The van der Waals surface area contributed by atoms with Crippen LogP contribution in [-0.4, -0.2) is 28.8 Å². The molecule has 126 valence electrons. The Labute approximate surface area is 139 Å². The van der Waals surface area contributed by atoms with Gasteiger partial charge in [-0.25, -0.2) is 9.48 Å². The van der Waals surface area contributed by atoms with Crippen LogP contribution in [0.15, 0.2) is 35.1 Å². The molecule has 0 spiro atoms. The molecule has 0 bridgehead atoms. The quantitative estimate of drug-likeness (QED) is 0.847. The molecule has 0 aliphatic heterocycles. The average Bonchev–Trinajstić information content (AvgIpc) is 2.58. The molecular weight excluding hydrogens is 310 g/mol. The molecule has 24 heavy (non-hydrogen) atoms. The van der Waals surface area contributed by atoms with Crippen molar-refractivity contribution in [1.82, 2.24) is 9.78 Å². The number of carbonyl (C=O) groups excluding carboxylic acids is 2. The van der Waals surface area contributed by atoms with E-state index < -0.39 is 11.9 Å². The number of rotatable bonds is 5. The van der Waals surface area contributed by atoms with Crippen LogP contribution >= 0.6 is 0 Å². The summed E-state index contributed by atoms with van der Waals surface area (Å²) < 4.78 is 5.97. The molecule has 7 heteroatoms. The third-order valence-electron chi connectivity index (χ3n) is 3.52. The van der Waals surface area contributed by atoms with Gasteiger partial charge in [-0.05, 0) is 37.1 Å². The largest absolute Gasteiger partial charge is 0.465 e. The number of hydrogen-bond donors (Lipinski definition) is 1. The third-order valence-corrected chi connectivity index (χ3v) is 3.52. The van der Waals surface area contributed by atoms with Crippen LogP contribution in [0.1, 0.15) is 39.8 Å². The fraction of sp³-hybridized carbons (Fsp3) is 0.294. The monoisotopic (exact) mass is 329 g/mol. The first-order valence-corrected chi connectivity index (χ1v) is 7.55. The summed E-state index contributed by atoms with van der Waals surface area (Å²) in [7, 11) is 1.30. The summed E-state index contributed by atoms with van der Waals surface area (Å²) in [5.74, 6) is -0.928. The van der Waals surface area contributed by atoms with Crippen LogP contribution in [0, 0.1) is 6.92 Å². The highest BCUT2D eigenvalue weighted by Crippen LogP contribution is 2.20. The van der Waals surface area contributed by atoms with E-state index in [0.717, 1.165) is 6.42 Å². The molecular formula is C17H19N3O4. The van der Waals surface area contributed by atoms with Crippen molar-refractivity contribution in [3.8, 4) is 0 Å². The summed E-state index contributed by atoms with van der Waals surface area (Å²) in [6.07, 6.45) is 0.734. The Hall–Kier alpha value is -2.96. The highest BCUT2D eigenvalue weighted by molar-refractivity contribution is 6.04. The first-order valence-electron chi connectivity index (χ1n) is 7.55. The number of ether oxygens (including phenoxy) is 1. The van der Waals surface area contributed by atoms with Gasteiger partial charge in [-0.15, -0.1) is 0 Å². The zero-order chi connectivity index (χ0) is 17.7. The molecule has 0 radical (unpaired) electrons. The number of hydrogen-bond acceptors (Lipinski definition) is 5. The van der Waals surface area contributed by atoms with Crippen molar-refractivity contribution in [2.75, 3.05) is 12.4 Å². The Morgan fingerprint density at radius 2 is 2.00 bits per heavy atom. The van der Waals surface area contributed by atoms with Gasteiger partial charge >= 0.3 is 5.97 Å². The molecule has 0 unspecified atom stereocenters. The maximum atomic E-state index is 12.4. The van der Waals surface area contributed by atoms with Crippen LogP contribution in [0.2, 0.25) is 0 Å². The van der Waals surface area contributed by atoms with Gasteiger partial charge < -0.3 is 10.1 Å². The maximum Gasteiger partial charge on any atom is 0.338 e. The number of aryl methyl sites for hydroxylation is 1. The van der Waals surface area contributed by atoms with Crippen molar-refractivity contribution in [2.24, 2.45) is 0 Å². The molecule has 7 nitrogen and oxygen atoms in total. The van der Waals surface area contributed by atoms with E-state index in [1.54, 1.807) is 25.1 Å². The Kier molecular flexibility index (Phi) is 5.47. The van der Waals surface area contributed by atoms with E-state index in [0.29, 0.717) is 23.4 Å². The number of nitrogens with one attached hydrogen (secondary N) is 1. The molecule has 1 N–H and O–H groups in total. The second kappa shape index (κ2) is 7.54. The molecule has 1 aromatic carbocycles. The van der Waals surface area contributed by atoms with Crippen molar-refractivity contribution in [3.05, 3.63) is 57.5 Å². The Bertz CT molecular complexity index is 827. The van der Waals surface area contributed by atoms with E-state index >= 15 is 0 Å². The molecule has 0 aliphatic carbocycles. The topological polar surface area (TPSA) is 90.3 Å². The first-order chi connectivity index (χ1) is 11.5. The van der Waals surface area contributed by atoms with Crippen molar-refractivity contribution in [3.63, 3.8) is 0 Å². The smallest absolute Gasteiger partial charge is 0.338 e. The number of nitrogens with zero attached hydrogens (tertiary/aromatic N) is 2. The van der Waals surface area contributed by atoms with Gasteiger partial charge in [0.2, 0.25) is 0 Å². The molecule has 1 aromatic heterocycles. The molecule has 0 saturated carbocycles. The van der Waals surface area contributed by atoms with Crippen LogP contribution < -0.4 is 10.9 Å². The van der Waals surface area contributed by atoms with Gasteiger partial charge in [0.25, 0.3) is 11.5 Å². The van der Waals surface area contributed by atoms with Gasteiger partial charge in [0, 0.05) is 18.3 Å². The minimum absolute atomic E-state index is 0.130. The highest BCUT2D eigenvalue weighted by Gasteiger charge is 2.15. The van der Waals surface area contributed by atoms with E-state index in [-0.39, 0.29) is 11.3 Å². The van der Waals surface area contributed by atoms with Crippen molar-refractivity contribution >= 4 is 17.6 Å². The number of esters is 1. The fourth-order valence-electron chi connectivity index (χ4n) is 2.23. The molecule has 2 aromatic rings. The summed E-state index contributed by atoms with van der Waals surface area (Å²) in [4.78, 5) is 35.8. The Morgan fingerprint density at radius 1 is 1.25 bits per heavy atom. The summed E-state index contributed by atoms with van der Waals surface area (Å²) in [5.41, 5.74) is 1.33. The molecule has 0 fully saturated rings. The standard InChI is InChI=1S/C17H19N3O4/c1-4-10-20-15(21)9-8-14(19-20)16(22)18-13-7-5-6-12(11(13)2)17(23)24-3/h5-9H,4,10H2,1-3H3,(H,18,22). The van der Waals surface area contributed by atoms with E-state index in [1.807, 2.05) is 6.92 Å². The van der Waals surface area contributed by atoms with Gasteiger partial charge in [0.1, 0.15) is 5.69 Å². The predicted octanol–water partition coefficient (Wildman–Crippen LogP) is 2.00. The van der Waals surface area contributed by atoms with Crippen molar-refractivity contribution < 1.29 is 14.3 Å². The molecule has 2 rings (SSSR count). The lowest BCUT2D eigenvalue weighted by Gasteiger charge is -2.11. The van der Waals surface area contributed by atoms with Crippen molar-refractivity contribution in [2.45, 2.75) is 26.8 Å². The Balaban J connectivity index is 2.29. The second-order valence-electron chi connectivity index (χ2n) is 5.20. The van der Waals surface area contributed by atoms with Gasteiger partial charge in [-0.2, -0.15) is 5.10 Å². The fourth-order valence-corrected chi connectivity index (χ4v) is 2.23. The molecule has 1 amide bonds. The Morgan fingerprint density at radius 3 is 2.67 bits per heavy atom. The van der Waals surface area contributed by atoms with E-state index in [4.69, 9.17) is 4.74 Å². The lowest BCUT2D eigenvalue weighted by molar-refractivity contribution is 0.0599. The SMILES string of the molecule is CCCn1nc(C(=O)Nc2cccc(C(=O)OC)c2C)ccc1=O. The summed E-state index contributed by atoms with van der Waals surface area (Å²) in [6, 6.07) is 7.65. The van der Waals surface area contributed by atoms with E-state index in [9.17, 15) is 14.4 Å². The van der Waals surface area contributed by atoms with Crippen molar-refractivity contribution in [1.29, 1.82) is 0 Å². The molecule has 0 atom stereocenters. The minimum atomic E-state index is -0.474. The zero-order valence-electron chi connectivity index (χ0n) is 13.8. The normalized spacial score (nSPS) is 10.3. The number of anilines is 1. The molecule has 0 aliphatic rings. The molecule has 1 heterocycles. The van der Waals surface area contributed by atoms with Crippen LogP contribution in [0.4, 0.5) is 5.69 Å². The third kappa shape index (κ3) is 3.68. The number of methoxy groups -OCH3 is 1. The molecule has 0 saturated heterocycles. The maximum absolute atomic E-state index is 12.4. The van der Waals surface area contributed by atoms with Crippen LogP contribution in [-0.2, 0) is 11.3 Å². The summed E-state index contributed by atoms with van der Waals surface area (Å²) in [5, 5.41) is 6.77. The van der Waals surface area contributed by atoms with Crippen LogP contribution in [0.25, 0.3) is 0 Å². The minimum Gasteiger partial charge on any atom is -0.465 e. The highest BCUT2D eigenvalue weighted by atomic mass is 16.5. The van der Waals surface area contributed by atoms with Crippen LogP contribution in [0.3, 0.4) is 0 Å². The van der Waals surface area contributed by atoms with Gasteiger partial charge in [0.15, 0.2) is 0 Å². The number of aromatic nitrogens is 2. The van der Waals surface area contributed by atoms with E-state index in [2.05, 4.69) is 10.4 Å². The zero-order valence-corrected chi connectivity index (χ0v) is 13.8. The first kappa shape index (κ1) is 17.4. The van der Waals surface area contributed by atoms with Gasteiger partial charge in [-0.1, -0.05) is 13.0 Å². The average molecular weight is 329 g/mol. The summed E-state index contributed by atoms with van der Waals surface area (Å²) >= 11 is 0. The van der Waals surface area contributed by atoms with Crippen LogP contribution in [0.5, 0.6) is 0 Å². The number of carbonyl (C=O) groups is 2. The summed E-state index contributed by atoms with van der Waals surface area (Å²) in [6.45, 7) is 4.08. The number of amides is 1. The predicted molar refractivity (Wildman–Crippen MR) is 89.3 cm³/mol. The lowest BCUT2D eigenvalue weighted by atomic mass is 10.1. The van der Waals surface area contributed by atoms with Gasteiger partial charge in [-0.3, -0.25) is 9.59 Å².